The van der Waals surface area contributed by atoms with Crippen LogP contribution in [0.15, 0.2) is 0 Å². The van der Waals surface area contributed by atoms with E-state index < -0.39 is 5.97 Å². The monoisotopic (exact) mass is 225 g/mol. The van der Waals surface area contributed by atoms with E-state index in [4.69, 9.17) is 0 Å². The number of carboxylic acids is 1. The van der Waals surface area contributed by atoms with Crippen molar-refractivity contribution in [1.29, 1.82) is 0 Å². The number of aliphatic carboxylic acids is 1. The van der Waals surface area contributed by atoms with E-state index in [-0.39, 0.29) is 6.04 Å². The molecule has 0 aromatic heterocycles. The van der Waals surface area contributed by atoms with Crippen LogP contribution >= 0.6 is 0 Å². The number of likely N-dealkylation sites (tertiary alicyclic amines) is 1. The van der Waals surface area contributed by atoms with E-state index in [1.54, 1.807) is 0 Å². The van der Waals surface area contributed by atoms with Crippen molar-refractivity contribution in [2.24, 2.45) is 11.8 Å². The van der Waals surface area contributed by atoms with Crippen LogP contribution in [0.3, 0.4) is 0 Å². The van der Waals surface area contributed by atoms with Gasteiger partial charge in [-0.2, -0.15) is 0 Å². The normalized spacial score (nSPS) is 40.4. The van der Waals surface area contributed by atoms with E-state index in [0.717, 1.165) is 18.9 Å². The van der Waals surface area contributed by atoms with Crippen molar-refractivity contribution in [2.45, 2.75) is 58.0 Å². The molecule has 0 spiro atoms. The summed E-state index contributed by atoms with van der Waals surface area (Å²) in [5, 5.41) is 9.30. The highest BCUT2D eigenvalue weighted by molar-refractivity contribution is 5.74. The van der Waals surface area contributed by atoms with Crippen molar-refractivity contribution < 1.29 is 9.90 Å². The number of carboxylic acid groups (broad SMARTS) is 1. The molecule has 3 heteroatoms. The maximum absolute atomic E-state index is 11.3. The standard InChI is InChI=1S/C13H23NO2/c1-3-10-4-5-11(8-10)14-7-6-9(2)12(14)13(15)16/h9-12H,3-8H2,1-2H3,(H,15,16). The van der Waals surface area contributed by atoms with Gasteiger partial charge in [-0.05, 0) is 44.1 Å². The zero-order valence-corrected chi connectivity index (χ0v) is 10.4. The molecule has 1 saturated heterocycles. The number of nitrogens with zero attached hydrogens (tertiary/aromatic N) is 1. The average Bonchev–Trinajstić information content (AvgIpc) is 2.82. The third kappa shape index (κ3) is 2.10. The fourth-order valence-corrected chi connectivity index (χ4v) is 3.49. The first-order valence-electron chi connectivity index (χ1n) is 6.62. The molecule has 1 N–H and O–H groups in total. The van der Waals surface area contributed by atoms with Gasteiger partial charge in [-0.3, -0.25) is 9.69 Å². The fourth-order valence-electron chi connectivity index (χ4n) is 3.49. The molecule has 0 aromatic rings. The number of hydrogen-bond donors (Lipinski definition) is 1. The highest BCUT2D eigenvalue weighted by Gasteiger charge is 2.42. The second-order valence-electron chi connectivity index (χ2n) is 5.53. The molecular weight excluding hydrogens is 202 g/mol. The molecule has 1 heterocycles. The molecule has 1 saturated carbocycles. The first-order valence-corrected chi connectivity index (χ1v) is 6.62. The van der Waals surface area contributed by atoms with E-state index >= 15 is 0 Å². The molecule has 0 aromatic carbocycles. The summed E-state index contributed by atoms with van der Waals surface area (Å²) in [4.78, 5) is 13.6. The smallest absolute Gasteiger partial charge is 0.321 e. The van der Waals surface area contributed by atoms with Crippen LogP contribution in [0, 0.1) is 11.8 Å². The van der Waals surface area contributed by atoms with Crippen molar-refractivity contribution in [2.75, 3.05) is 6.54 Å². The summed E-state index contributed by atoms with van der Waals surface area (Å²) >= 11 is 0. The molecule has 4 atom stereocenters. The van der Waals surface area contributed by atoms with Gasteiger partial charge in [-0.25, -0.2) is 0 Å². The van der Waals surface area contributed by atoms with E-state index in [1.165, 1.54) is 25.7 Å². The summed E-state index contributed by atoms with van der Waals surface area (Å²) in [6.45, 7) is 5.30. The van der Waals surface area contributed by atoms with E-state index in [0.29, 0.717) is 12.0 Å². The van der Waals surface area contributed by atoms with Gasteiger partial charge in [-0.1, -0.05) is 20.3 Å². The Labute approximate surface area is 97.8 Å². The number of rotatable bonds is 3. The number of carbonyl (C=O) groups is 1. The Kier molecular flexibility index (Phi) is 3.53. The summed E-state index contributed by atoms with van der Waals surface area (Å²) in [6, 6.07) is 0.316. The molecule has 16 heavy (non-hydrogen) atoms. The molecular formula is C13H23NO2. The Balaban J connectivity index is 2.01. The van der Waals surface area contributed by atoms with Crippen LogP contribution in [0.25, 0.3) is 0 Å². The largest absolute Gasteiger partial charge is 0.480 e. The van der Waals surface area contributed by atoms with Gasteiger partial charge in [0.25, 0.3) is 0 Å². The lowest BCUT2D eigenvalue weighted by Crippen LogP contribution is -2.44. The Morgan fingerprint density at radius 2 is 2.12 bits per heavy atom. The molecule has 2 fully saturated rings. The molecule has 1 aliphatic carbocycles. The van der Waals surface area contributed by atoms with Gasteiger partial charge >= 0.3 is 5.97 Å². The second kappa shape index (κ2) is 4.74. The first-order chi connectivity index (χ1) is 7.63. The zero-order valence-electron chi connectivity index (χ0n) is 10.4. The van der Waals surface area contributed by atoms with Crippen LogP contribution in [-0.2, 0) is 4.79 Å². The maximum Gasteiger partial charge on any atom is 0.321 e. The Morgan fingerprint density at radius 1 is 1.38 bits per heavy atom. The fraction of sp³-hybridized carbons (Fsp3) is 0.923. The van der Waals surface area contributed by atoms with Crippen molar-refractivity contribution >= 4 is 5.97 Å². The molecule has 2 aliphatic rings. The van der Waals surface area contributed by atoms with Gasteiger partial charge in [0.15, 0.2) is 0 Å². The molecule has 3 nitrogen and oxygen atoms in total. The minimum Gasteiger partial charge on any atom is -0.480 e. The Hall–Kier alpha value is -0.570. The molecule has 2 rings (SSSR count). The van der Waals surface area contributed by atoms with E-state index in [2.05, 4.69) is 18.7 Å². The van der Waals surface area contributed by atoms with Crippen LogP contribution in [0.1, 0.15) is 46.0 Å². The SMILES string of the molecule is CCC1CCC(N2CCC(C)C2C(=O)O)C1. The van der Waals surface area contributed by atoms with Gasteiger partial charge in [0.1, 0.15) is 6.04 Å². The van der Waals surface area contributed by atoms with Crippen molar-refractivity contribution in [3.63, 3.8) is 0 Å². The zero-order chi connectivity index (χ0) is 11.7. The summed E-state index contributed by atoms with van der Waals surface area (Å²) < 4.78 is 0. The highest BCUT2D eigenvalue weighted by atomic mass is 16.4. The topological polar surface area (TPSA) is 40.5 Å². The van der Waals surface area contributed by atoms with Crippen molar-refractivity contribution in [3.8, 4) is 0 Å². The first kappa shape index (κ1) is 11.9. The molecule has 92 valence electrons. The van der Waals surface area contributed by atoms with E-state index in [9.17, 15) is 9.90 Å². The third-order valence-corrected chi connectivity index (χ3v) is 4.55. The minimum absolute atomic E-state index is 0.222. The average molecular weight is 225 g/mol. The molecule has 4 unspecified atom stereocenters. The lowest BCUT2D eigenvalue weighted by Gasteiger charge is -2.29. The van der Waals surface area contributed by atoms with Crippen LogP contribution in [0.4, 0.5) is 0 Å². The van der Waals surface area contributed by atoms with Crippen LogP contribution in [0.2, 0.25) is 0 Å². The highest BCUT2D eigenvalue weighted by Crippen LogP contribution is 2.36. The van der Waals surface area contributed by atoms with Gasteiger partial charge in [-0.15, -0.1) is 0 Å². The molecule has 0 bridgehead atoms. The summed E-state index contributed by atoms with van der Waals surface area (Å²) in [7, 11) is 0. The second-order valence-corrected chi connectivity index (χ2v) is 5.53. The number of hydrogen-bond acceptors (Lipinski definition) is 2. The van der Waals surface area contributed by atoms with Crippen LogP contribution in [-0.4, -0.2) is 34.6 Å². The Morgan fingerprint density at radius 3 is 2.69 bits per heavy atom. The summed E-state index contributed by atoms with van der Waals surface area (Å²) in [6.07, 6.45) is 6.00. The predicted molar refractivity (Wildman–Crippen MR) is 63.3 cm³/mol. The lowest BCUT2D eigenvalue weighted by atomic mass is 10.0. The van der Waals surface area contributed by atoms with Crippen molar-refractivity contribution in [1.82, 2.24) is 4.90 Å². The predicted octanol–water partition coefficient (Wildman–Crippen LogP) is 2.36. The third-order valence-electron chi connectivity index (χ3n) is 4.55. The minimum atomic E-state index is -0.620. The molecule has 1 aliphatic heterocycles. The Bertz CT molecular complexity index is 267. The lowest BCUT2D eigenvalue weighted by molar-refractivity contribution is -0.144. The van der Waals surface area contributed by atoms with E-state index in [1.807, 2.05) is 0 Å². The van der Waals surface area contributed by atoms with Crippen LogP contribution in [0.5, 0.6) is 0 Å². The van der Waals surface area contributed by atoms with Crippen LogP contribution < -0.4 is 0 Å². The summed E-state index contributed by atoms with van der Waals surface area (Å²) in [5.41, 5.74) is 0. The quantitative estimate of drug-likeness (QED) is 0.801. The molecule has 0 radical (unpaired) electrons. The van der Waals surface area contributed by atoms with Gasteiger partial charge in [0, 0.05) is 6.04 Å². The summed E-state index contributed by atoms with van der Waals surface area (Å²) in [5.74, 6) is 0.526. The van der Waals surface area contributed by atoms with Gasteiger partial charge in [0.2, 0.25) is 0 Å². The molecule has 0 amide bonds. The van der Waals surface area contributed by atoms with Crippen molar-refractivity contribution in [3.05, 3.63) is 0 Å². The van der Waals surface area contributed by atoms with Gasteiger partial charge in [0.05, 0.1) is 0 Å². The van der Waals surface area contributed by atoms with Gasteiger partial charge < -0.3 is 5.11 Å². The maximum atomic E-state index is 11.3.